The van der Waals surface area contributed by atoms with Crippen LogP contribution in [0.25, 0.3) is 0 Å². The predicted molar refractivity (Wildman–Crippen MR) is 52.9 cm³/mol. The Morgan fingerprint density at radius 3 is 2.67 bits per heavy atom. The molecule has 0 aromatic heterocycles. The number of nitrogens with one attached hydrogen (secondary N) is 1. The van der Waals surface area contributed by atoms with E-state index in [9.17, 15) is 13.2 Å². The van der Waals surface area contributed by atoms with Crippen LogP contribution in [0.4, 0.5) is 4.79 Å². The van der Waals surface area contributed by atoms with E-state index >= 15 is 0 Å². The van der Waals surface area contributed by atoms with Crippen LogP contribution in [0.3, 0.4) is 0 Å². The Labute approximate surface area is 87.1 Å². The van der Waals surface area contributed by atoms with Gasteiger partial charge in [0.05, 0.1) is 12.0 Å². The number of sulfonamides is 1. The fraction of sp³-hybridized carbons (Fsp3) is 0.125. The second-order valence-corrected chi connectivity index (χ2v) is 4.33. The monoisotopic (exact) mass is 230 g/mol. The van der Waals surface area contributed by atoms with Crippen LogP contribution in [0, 0.1) is 0 Å². The zero-order valence-electron chi connectivity index (χ0n) is 7.93. The zero-order chi connectivity index (χ0) is 11.5. The molecular weight excluding hydrogens is 220 g/mol. The molecule has 0 saturated carbocycles. The third-order valence-electron chi connectivity index (χ3n) is 1.59. The average molecular weight is 230 g/mol. The average Bonchev–Trinajstić information content (AvgIpc) is 2.16. The molecule has 0 spiro atoms. The van der Waals surface area contributed by atoms with Crippen molar-refractivity contribution in [3.63, 3.8) is 0 Å². The van der Waals surface area contributed by atoms with Crippen molar-refractivity contribution in [2.24, 2.45) is 5.73 Å². The van der Waals surface area contributed by atoms with Gasteiger partial charge in [-0.25, -0.2) is 17.9 Å². The summed E-state index contributed by atoms with van der Waals surface area (Å²) in [7, 11) is -2.49. The fourth-order valence-electron chi connectivity index (χ4n) is 0.960. The summed E-state index contributed by atoms with van der Waals surface area (Å²) < 4.78 is 29.4. The number of nitrogens with two attached hydrogens (primary N) is 1. The summed E-state index contributed by atoms with van der Waals surface area (Å²) in [5.41, 5.74) is 4.73. The van der Waals surface area contributed by atoms with Crippen molar-refractivity contribution in [2.45, 2.75) is 4.90 Å². The fourth-order valence-corrected chi connectivity index (χ4v) is 1.87. The van der Waals surface area contributed by atoms with Crippen LogP contribution in [0.5, 0.6) is 5.75 Å². The Morgan fingerprint density at radius 2 is 2.13 bits per heavy atom. The third-order valence-corrected chi connectivity index (χ3v) is 2.93. The number of benzene rings is 1. The molecule has 2 amide bonds. The smallest absolute Gasteiger partial charge is 0.326 e. The predicted octanol–water partition coefficient (Wildman–Crippen LogP) is 0.0522. The molecule has 0 atom stereocenters. The summed E-state index contributed by atoms with van der Waals surface area (Å²) in [4.78, 5) is 10.4. The number of carbonyl (C=O) groups excluding carboxylic acids is 1. The Hall–Kier alpha value is -1.76. The Morgan fingerprint density at radius 1 is 1.47 bits per heavy atom. The van der Waals surface area contributed by atoms with Gasteiger partial charge in [-0.1, -0.05) is 6.07 Å². The number of ether oxygens (including phenoxy) is 1. The van der Waals surface area contributed by atoms with Crippen LogP contribution < -0.4 is 15.2 Å². The van der Waals surface area contributed by atoms with Crippen molar-refractivity contribution in [2.75, 3.05) is 7.11 Å². The molecule has 3 N–H and O–H groups in total. The van der Waals surface area contributed by atoms with Gasteiger partial charge >= 0.3 is 6.03 Å². The molecule has 1 aromatic carbocycles. The molecule has 0 fully saturated rings. The molecule has 7 heteroatoms. The molecule has 0 bridgehead atoms. The van der Waals surface area contributed by atoms with Gasteiger partial charge in [0.1, 0.15) is 5.75 Å². The van der Waals surface area contributed by atoms with E-state index in [2.05, 4.69) is 0 Å². The van der Waals surface area contributed by atoms with E-state index in [0.717, 1.165) is 0 Å². The van der Waals surface area contributed by atoms with Crippen molar-refractivity contribution in [3.05, 3.63) is 24.3 Å². The Bertz CT molecular complexity index is 469. The van der Waals surface area contributed by atoms with Gasteiger partial charge in [0, 0.05) is 6.07 Å². The van der Waals surface area contributed by atoms with Gasteiger partial charge in [0.2, 0.25) is 0 Å². The van der Waals surface area contributed by atoms with Crippen LogP contribution >= 0.6 is 0 Å². The number of urea groups is 1. The van der Waals surface area contributed by atoms with Crippen molar-refractivity contribution in [3.8, 4) is 5.75 Å². The number of amides is 2. The molecule has 0 radical (unpaired) electrons. The van der Waals surface area contributed by atoms with E-state index in [4.69, 9.17) is 10.5 Å². The van der Waals surface area contributed by atoms with E-state index in [1.54, 1.807) is 10.8 Å². The third kappa shape index (κ3) is 2.84. The standard InChI is InChI=1S/C8H10N2O4S/c1-14-6-3-2-4-7(5-6)15(12,13)10-8(9)11/h2-5H,1H3,(H3,9,10,11). The lowest BCUT2D eigenvalue weighted by molar-refractivity contribution is 0.253. The maximum absolute atomic E-state index is 11.4. The van der Waals surface area contributed by atoms with Crippen molar-refractivity contribution < 1.29 is 17.9 Å². The lowest BCUT2D eigenvalue weighted by atomic mass is 10.3. The van der Waals surface area contributed by atoms with Crippen molar-refractivity contribution >= 4 is 16.1 Å². The summed E-state index contributed by atoms with van der Waals surface area (Å²) in [5.74, 6) is 0.377. The highest BCUT2D eigenvalue weighted by molar-refractivity contribution is 7.90. The maximum Gasteiger partial charge on any atom is 0.326 e. The van der Waals surface area contributed by atoms with Crippen LogP contribution in [-0.2, 0) is 10.0 Å². The minimum Gasteiger partial charge on any atom is -0.497 e. The van der Waals surface area contributed by atoms with Crippen LogP contribution in [0.1, 0.15) is 0 Å². The number of carbonyl (C=O) groups is 1. The van der Waals surface area contributed by atoms with Crippen LogP contribution in [0.15, 0.2) is 29.2 Å². The number of hydrogen-bond donors (Lipinski definition) is 2. The first-order valence-electron chi connectivity index (χ1n) is 3.92. The second-order valence-electron chi connectivity index (χ2n) is 2.65. The summed E-state index contributed by atoms with van der Waals surface area (Å²) in [6, 6.07) is 4.56. The van der Waals surface area contributed by atoms with Gasteiger partial charge in [-0.2, -0.15) is 0 Å². The van der Waals surface area contributed by atoms with Crippen molar-refractivity contribution in [1.82, 2.24) is 4.72 Å². The van der Waals surface area contributed by atoms with E-state index in [1.807, 2.05) is 0 Å². The quantitative estimate of drug-likeness (QED) is 0.766. The molecule has 1 rings (SSSR count). The van der Waals surface area contributed by atoms with Gasteiger partial charge in [-0.05, 0) is 12.1 Å². The van der Waals surface area contributed by atoms with Crippen LogP contribution in [0.2, 0.25) is 0 Å². The molecule has 15 heavy (non-hydrogen) atoms. The molecule has 0 aliphatic rings. The number of hydrogen-bond acceptors (Lipinski definition) is 4. The summed E-state index contributed by atoms with van der Waals surface area (Å²) in [5, 5.41) is 0. The molecule has 0 unspecified atom stereocenters. The highest BCUT2D eigenvalue weighted by atomic mass is 32.2. The number of rotatable bonds is 3. The van der Waals surface area contributed by atoms with Gasteiger partial charge in [0.15, 0.2) is 0 Å². The first-order chi connectivity index (χ1) is 6.95. The molecule has 1 aromatic rings. The largest absolute Gasteiger partial charge is 0.497 e. The van der Waals surface area contributed by atoms with Crippen LogP contribution in [-0.4, -0.2) is 21.6 Å². The SMILES string of the molecule is COc1cccc(S(=O)(=O)NC(N)=O)c1. The lowest BCUT2D eigenvalue weighted by Crippen LogP contribution is -2.34. The van der Waals surface area contributed by atoms with Crippen molar-refractivity contribution in [1.29, 1.82) is 0 Å². The zero-order valence-corrected chi connectivity index (χ0v) is 8.74. The molecule has 0 saturated heterocycles. The minimum absolute atomic E-state index is 0.0827. The number of methoxy groups -OCH3 is 1. The maximum atomic E-state index is 11.4. The minimum atomic E-state index is -3.90. The first kappa shape index (κ1) is 11.3. The summed E-state index contributed by atoms with van der Waals surface area (Å²) >= 11 is 0. The number of primary amides is 1. The topological polar surface area (TPSA) is 98.5 Å². The second kappa shape index (κ2) is 4.18. The summed E-state index contributed by atoms with van der Waals surface area (Å²) in [6.45, 7) is 0. The van der Waals surface area contributed by atoms with E-state index in [-0.39, 0.29) is 4.90 Å². The molecular formula is C8H10N2O4S. The normalized spacial score (nSPS) is 10.7. The van der Waals surface area contributed by atoms with E-state index in [0.29, 0.717) is 5.75 Å². The van der Waals surface area contributed by atoms with Gasteiger partial charge in [0.25, 0.3) is 10.0 Å². The first-order valence-corrected chi connectivity index (χ1v) is 5.40. The molecule has 0 aliphatic heterocycles. The molecule has 6 nitrogen and oxygen atoms in total. The lowest BCUT2D eigenvalue weighted by Gasteiger charge is -2.05. The van der Waals surface area contributed by atoms with Gasteiger partial charge in [-0.15, -0.1) is 0 Å². The molecule has 82 valence electrons. The summed E-state index contributed by atoms with van der Waals surface area (Å²) in [6.07, 6.45) is 0. The molecule has 0 aliphatic carbocycles. The highest BCUT2D eigenvalue weighted by Gasteiger charge is 2.15. The molecule has 0 heterocycles. The Balaban J connectivity index is 3.10. The van der Waals surface area contributed by atoms with Gasteiger partial charge in [-0.3, -0.25) is 0 Å². The van der Waals surface area contributed by atoms with E-state index < -0.39 is 16.1 Å². The van der Waals surface area contributed by atoms with E-state index in [1.165, 1.54) is 25.3 Å². The Kier molecular flexibility index (Phi) is 3.15. The highest BCUT2D eigenvalue weighted by Crippen LogP contribution is 2.16. The van der Waals surface area contributed by atoms with Gasteiger partial charge < -0.3 is 10.5 Å².